The number of likely N-dealkylation sites (tertiary alicyclic amines) is 1. The van der Waals surface area contributed by atoms with E-state index >= 15 is 0 Å². The predicted octanol–water partition coefficient (Wildman–Crippen LogP) is 3.29. The van der Waals surface area contributed by atoms with Crippen molar-refractivity contribution in [2.75, 3.05) is 26.3 Å². The summed E-state index contributed by atoms with van der Waals surface area (Å²) in [5.74, 6) is 0.625. The summed E-state index contributed by atoms with van der Waals surface area (Å²) in [5.41, 5.74) is 1.54. The number of rotatable bonds is 4. The molecule has 1 aliphatic carbocycles. The quantitative estimate of drug-likeness (QED) is 0.893. The van der Waals surface area contributed by atoms with E-state index in [2.05, 4.69) is 22.1 Å². The first-order valence-corrected chi connectivity index (χ1v) is 10.5. The molecule has 1 spiro atoms. The molecule has 0 bridgehead atoms. The third-order valence-corrected chi connectivity index (χ3v) is 7.53. The zero-order valence-electron chi connectivity index (χ0n) is 15.3. The second kappa shape index (κ2) is 6.88. The van der Waals surface area contributed by atoms with Gasteiger partial charge in [-0.1, -0.05) is 6.42 Å². The molecule has 3 aliphatic rings. The van der Waals surface area contributed by atoms with Gasteiger partial charge in [0.15, 0.2) is 0 Å². The normalized spacial score (nSPS) is 25.5. The minimum Gasteiger partial charge on any atom is -0.381 e. The van der Waals surface area contributed by atoms with Crippen LogP contribution in [0.4, 0.5) is 4.79 Å². The van der Waals surface area contributed by atoms with Crippen molar-refractivity contribution in [2.24, 2.45) is 11.3 Å². The van der Waals surface area contributed by atoms with E-state index in [-0.39, 0.29) is 6.03 Å². The molecular weight excluding hydrogens is 334 g/mol. The smallest absolute Gasteiger partial charge is 0.317 e. The van der Waals surface area contributed by atoms with Crippen LogP contribution in [-0.4, -0.2) is 48.3 Å². The lowest BCUT2D eigenvalue weighted by atomic mass is 9.54. The van der Waals surface area contributed by atoms with Crippen LogP contribution in [0.1, 0.15) is 47.7 Å². The third-order valence-electron chi connectivity index (χ3n) is 6.40. The SMILES string of the molecule is Cc1nc(C)c(CCNC(=O)N2CC3(CCC3)C2C2CCOCC2)s1. The first-order chi connectivity index (χ1) is 12.1. The second-order valence-electron chi connectivity index (χ2n) is 7.96. The molecule has 0 aromatic carbocycles. The topological polar surface area (TPSA) is 54.5 Å². The Kier molecular flexibility index (Phi) is 4.75. The number of aromatic nitrogens is 1. The van der Waals surface area contributed by atoms with E-state index in [4.69, 9.17) is 4.74 Å². The minimum atomic E-state index is 0.132. The van der Waals surface area contributed by atoms with Gasteiger partial charge in [0.1, 0.15) is 0 Å². The van der Waals surface area contributed by atoms with Gasteiger partial charge in [-0.2, -0.15) is 0 Å². The lowest BCUT2D eigenvalue weighted by molar-refractivity contribution is -0.137. The second-order valence-corrected chi connectivity index (χ2v) is 9.25. The highest BCUT2D eigenvalue weighted by molar-refractivity contribution is 7.11. The van der Waals surface area contributed by atoms with Crippen LogP contribution in [-0.2, 0) is 11.2 Å². The number of hydrogen-bond donors (Lipinski definition) is 1. The van der Waals surface area contributed by atoms with Crippen molar-refractivity contribution >= 4 is 17.4 Å². The summed E-state index contributed by atoms with van der Waals surface area (Å²) >= 11 is 1.74. The van der Waals surface area contributed by atoms with Crippen LogP contribution in [0.25, 0.3) is 0 Å². The molecule has 0 radical (unpaired) electrons. The predicted molar refractivity (Wildman–Crippen MR) is 99.0 cm³/mol. The molecule has 4 rings (SSSR count). The number of urea groups is 1. The molecule has 5 nitrogen and oxygen atoms in total. The van der Waals surface area contributed by atoms with Crippen molar-refractivity contribution in [3.63, 3.8) is 0 Å². The van der Waals surface area contributed by atoms with Gasteiger partial charge in [-0.25, -0.2) is 9.78 Å². The van der Waals surface area contributed by atoms with Crippen LogP contribution in [0.2, 0.25) is 0 Å². The number of thiazole rings is 1. The van der Waals surface area contributed by atoms with Crippen LogP contribution in [0, 0.1) is 25.2 Å². The number of ether oxygens (including phenoxy) is 1. The standard InChI is InChI=1S/C19H29N3O2S/c1-13-16(25-14(2)21-13)4-9-20-18(23)22-12-19(7-3-8-19)17(22)15-5-10-24-11-6-15/h15,17H,3-12H2,1-2H3,(H,20,23). The van der Waals surface area contributed by atoms with Crippen molar-refractivity contribution in [1.82, 2.24) is 15.2 Å². The number of nitrogens with zero attached hydrogens (tertiary/aromatic N) is 2. The first-order valence-electron chi connectivity index (χ1n) is 9.64. The van der Waals surface area contributed by atoms with E-state index in [9.17, 15) is 4.79 Å². The van der Waals surface area contributed by atoms with Gasteiger partial charge in [0, 0.05) is 49.1 Å². The number of amides is 2. The van der Waals surface area contributed by atoms with Gasteiger partial charge in [0.2, 0.25) is 0 Å². The molecule has 138 valence electrons. The average Bonchev–Trinajstić information content (AvgIpc) is 2.84. The van der Waals surface area contributed by atoms with Crippen LogP contribution in [0.5, 0.6) is 0 Å². The number of aryl methyl sites for hydroxylation is 2. The Morgan fingerprint density at radius 3 is 2.72 bits per heavy atom. The Hall–Kier alpha value is -1.14. The van der Waals surface area contributed by atoms with Crippen molar-refractivity contribution in [2.45, 2.75) is 58.4 Å². The molecule has 1 unspecified atom stereocenters. The summed E-state index contributed by atoms with van der Waals surface area (Å²) in [5, 5.41) is 4.26. The molecule has 3 heterocycles. The summed E-state index contributed by atoms with van der Waals surface area (Å²) in [6.45, 7) is 7.46. The van der Waals surface area contributed by atoms with Gasteiger partial charge in [-0.3, -0.25) is 0 Å². The fourth-order valence-electron chi connectivity index (χ4n) is 5.01. The van der Waals surface area contributed by atoms with Crippen molar-refractivity contribution in [1.29, 1.82) is 0 Å². The van der Waals surface area contributed by atoms with Gasteiger partial charge in [0.25, 0.3) is 0 Å². The maximum absolute atomic E-state index is 12.8. The molecule has 1 saturated carbocycles. The summed E-state index contributed by atoms with van der Waals surface area (Å²) in [6, 6.07) is 0.574. The number of nitrogens with one attached hydrogen (secondary N) is 1. The summed E-state index contributed by atoms with van der Waals surface area (Å²) in [4.78, 5) is 20.6. The molecule has 1 aromatic heterocycles. The highest BCUT2D eigenvalue weighted by Crippen LogP contribution is 2.56. The Morgan fingerprint density at radius 1 is 1.36 bits per heavy atom. The molecule has 2 aliphatic heterocycles. The lowest BCUT2D eigenvalue weighted by Gasteiger charge is -2.64. The molecule has 1 N–H and O–H groups in total. The summed E-state index contributed by atoms with van der Waals surface area (Å²) in [7, 11) is 0. The van der Waals surface area contributed by atoms with E-state index in [1.54, 1.807) is 11.3 Å². The van der Waals surface area contributed by atoms with Crippen molar-refractivity contribution in [3.05, 3.63) is 15.6 Å². The molecule has 3 fully saturated rings. The maximum Gasteiger partial charge on any atom is 0.317 e. The maximum atomic E-state index is 12.8. The molecule has 2 saturated heterocycles. The monoisotopic (exact) mass is 363 g/mol. The first kappa shape index (κ1) is 17.3. The summed E-state index contributed by atoms with van der Waals surface area (Å²) in [6.07, 6.45) is 7.03. The van der Waals surface area contributed by atoms with Crippen molar-refractivity contribution < 1.29 is 9.53 Å². The molecule has 1 aromatic rings. The fraction of sp³-hybridized carbons (Fsp3) is 0.789. The Morgan fingerprint density at radius 2 is 2.12 bits per heavy atom. The van der Waals surface area contributed by atoms with E-state index in [1.165, 1.54) is 24.1 Å². The Labute approximate surface area is 154 Å². The van der Waals surface area contributed by atoms with Crippen LogP contribution >= 0.6 is 11.3 Å². The van der Waals surface area contributed by atoms with Crippen LogP contribution in [0.15, 0.2) is 0 Å². The molecule has 1 atom stereocenters. The van der Waals surface area contributed by atoms with Crippen molar-refractivity contribution in [3.8, 4) is 0 Å². The van der Waals surface area contributed by atoms with E-state index in [1.807, 2.05) is 6.92 Å². The van der Waals surface area contributed by atoms with E-state index < -0.39 is 0 Å². The summed E-state index contributed by atoms with van der Waals surface area (Å²) < 4.78 is 5.54. The third kappa shape index (κ3) is 3.19. The zero-order chi connectivity index (χ0) is 17.4. The van der Waals surface area contributed by atoms with Gasteiger partial charge < -0.3 is 15.0 Å². The number of carbonyl (C=O) groups excluding carboxylic acids is 1. The highest BCUT2D eigenvalue weighted by Gasteiger charge is 2.59. The van der Waals surface area contributed by atoms with E-state index in [0.717, 1.165) is 49.7 Å². The lowest BCUT2D eigenvalue weighted by Crippen LogP contribution is -2.72. The van der Waals surface area contributed by atoms with Gasteiger partial charge >= 0.3 is 6.03 Å². The average molecular weight is 364 g/mol. The number of carbonyl (C=O) groups is 1. The zero-order valence-corrected chi connectivity index (χ0v) is 16.2. The Balaban J connectivity index is 1.33. The fourth-order valence-corrected chi connectivity index (χ4v) is 5.94. The number of hydrogen-bond acceptors (Lipinski definition) is 4. The molecule has 25 heavy (non-hydrogen) atoms. The molecule has 6 heteroatoms. The highest BCUT2D eigenvalue weighted by atomic mass is 32.1. The van der Waals surface area contributed by atoms with Gasteiger partial charge in [-0.15, -0.1) is 11.3 Å². The Bertz CT molecular complexity index is 635. The van der Waals surface area contributed by atoms with Crippen LogP contribution < -0.4 is 5.32 Å². The minimum absolute atomic E-state index is 0.132. The molecule has 2 amide bonds. The van der Waals surface area contributed by atoms with Gasteiger partial charge in [0.05, 0.1) is 10.7 Å². The van der Waals surface area contributed by atoms with Crippen LogP contribution in [0.3, 0.4) is 0 Å². The largest absolute Gasteiger partial charge is 0.381 e. The molecular formula is C19H29N3O2S. The van der Waals surface area contributed by atoms with E-state index in [0.29, 0.717) is 23.9 Å². The van der Waals surface area contributed by atoms with Gasteiger partial charge in [-0.05, 0) is 45.4 Å².